The van der Waals surface area contributed by atoms with Crippen LogP contribution in [0.25, 0.3) is 0 Å². The number of hydrogen-bond acceptors (Lipinski definition) is 4. The van der Waals surface area contributed by atoms with Gasteiger partial charge in [-0.2, -0.15) is 0 Å². The Bertz CT molecular complexity index is 259. The molecule has 0 spiro atoms. The third kappa shape index (κ3) is 11.9. The topological polar surface area (TPSA) is 66.4 Å². The lowest BCUT2D eigenvalue weighted by Crippen LogP contribution is -2.06. The molecule has 4 nitrogen and oxygen atoms in total. The number of rotatable bonds is 9. The minimum Gasteiger partial charge on any atom is -0.726 e. The van der Waals surface area contributed by atoms with Gasteiger partial charge in [0.05, 0.1) is 6.61 Å². The van der Waals surface area contributed by atoms with E-state index in [1.54, 1.807) is 0 Å². The number of hydrogen-bond donors (Lipinski definition) is 0. The fourth-order valence-corrected chi connectivity index (χ4v) is 1.93. The predicted octanol–water partition coefficient (Wildman–Crippen LogP) is 2.71. The van der Waals surface area contributed by atoms with Gasteiger partial charge < -0.3 is 4.55 Å². The van der Waals surface area contributed by atoms with Crippen LogP contribution in [0.3, 0.4) is 0 Å². The van der Waals surface area contributed by atoms with Crippen LogP contribution in [-0.4, -0.2) is 19.6 Å². The Kier molecular flexibility index (Phi) is 7.97. The molecule has 98 valence electrons. The van der Waals surface area contributed by atoms with Crippen LogP contribution in [0.1, 0.15) is 52.9 Å². The molecule has 0 rings (SSSR count). The zero-order valence-corrected chi connectivity index (χ0v) is 11.3. The molecule has 5 heteroatoms. The summed E-state index contributed by atoms with van der Waals surface area (Å²) in [6, 6.07) is 0. The van der Waals surface area contributed by atoms with Crippen molar-refractivity contribution >= 4 is 10.4 Å². The van der Waals surface area contributed by atoms with Crippen LogP contribution >= 0.6 is 0 Å². The van der Waals surface area contributed by atoms with E-state index >= 15 is 0 Å². The zero-order valence-electron chi connectivity index (χ0n) is 10.4. The molecular weight excluding hydrogens is 228 g/mol. The van der Waals surface area contributed by atoms with E-state index in [0.717, 1.165) is 18.8 Å². The third-order valence-corrected chi connectivity index (χ3v) is 3.00. The standard InChI is InChI=1S/C11H24O4S/c1-10(2)6-4-7-11(3)8-5-9-15-16(12,13)14/h10-11H,4-9H2,1-3H3,(H,12,13,14)/p-1/t11-/m1/s1. The van der Waals surface area contributed by atoms with Gasteiger partial charge in [-0.3, -0.25) is 4.18 Å². The van der Waals surface area contributed by atoms with Crippen molar-refractivity contribution in [3.05, 3.63) is 0 Å². The lowest BCUT2D eigenvalue weighted by atomic mass is 9.96. The summed E-state index contributed by atoms with van der Waals surface area (Å²) < 4.78 is 34.6. The van der Waals surface area contributed by atoms with Crippen molar-refractivity contribution in [3.63, 3.8) is 0 Å². The SMILES string of the molecule is CC(C)CCC[C@@H](C)CCCOS(=O)(=O)[O-]. The highest BCUT2D eigenvalue weighted by molar-refractivity contribution is 7.80. The van der Waals surface area contributed by atoms with E-state index in [4.69, 9.17) is 0 Å². The van der Waals surface area contributed by atoms with E-state index in [0.29, 0.717) is 12.3 Å². The van der Waals surface area contributed by atoms with Crippen molar-refractivity contribution < 1.29 is 17.2 Å². The van der Waals surface area contributed by atoms with Crippen LogP contribution in [0.2, 0.25) is 0 Å². The normalized spacial score (nSPS) is 14.3. The maximum Gasteiger partial charge on any atom is 0.217 e. The predicted molar refractivity (Wildman–Crippen MR) is 62.7 cm³/mol. The molecule has 0 heterocycles. The van der Waals surface area contributed by atoms with Gasteiger partial charge in [0.1, 0.15) is 0 Å². The van der Waals surface area contributed by atoms with Crippen molar-refractivity contribution in [1.82, 2.24) is 0 Å². The van der Waals surface area contributed by atoms with Crippen molar-refractivity contribution in [2.24, 2.45) is 11.8 Å². The first kappa shape index (κ1) is 15.9. The molecule has 0 saturated heterocycles. The quantitative estimate of drug-likeness (QED) is 0.359. The summed E-state index contributed by atoms with van der Waals surface area (Å²) in [5.74, 6) is 1.30. The average Bonchev–Trinajstić information content (AvgIpc) is 2.10. The highest BCUT2D eigenvalue weighted by Gasteiger charge is 2.04. The summed E-state index contributed by atoms with van der Waals surface area (Å²) in [4.78, 5) is 0. The molecule has 0 aliphatic heterocycles. The molecule has 16 heavy (non-hydrogen) atoms. The molecule has 0 aromatic carbocycles. The fraction of sp³-hybridized carbons (Fsp3) is 1.00. The van der Waals surface area contributed by atoms with Gasteiger partial charge in [-0.05, 0) is 24.7 Å². The smallest absolute Gasteiger partial charge is 0.217 e. The molecule has 0 bridgehead atoms. The van der Waals surface area contributed by atoms with Gasteiger partial charge in [0, 0.05) is 0 Å². The average molecular weight is 251 g/mol. The summed E-state index contributed by atoms with van der Waals surface area (Å²) in [6.07, 6.45) is 5.13. The second-order valence-electron chi connectivity index (χ2n) is 4.80. The largest absolute Gasteiger partial charge is 0.726 e. The second-order valence-corrected chi connectivity index (χ2v) is 5.85. The van der Waals surface area contributed by atoms with Gasteiger partial charge in [-0.15, -0.1) is 0 Å². The lowest BCUT2D eigenvalue weighted by molar-refractivity contribution is 0.248. The van der Waals surface area contributed by atoms with Crippen LogP contribution in [-0.2, 0) is 14.6 Å². The summed E-state index contributed by atoms with van der Waals surface area (Å²) in [5, 5.41) is 0. The summed E-state index contributed by atoms with van der Waals surface area (Å²) in [7, 11) is -4.50. The lowest BCUT2D eigenvalue weighted by Gasteiger charge is -2.12. The third-order valence-electron chi connectivity index (χ3n) is 2.55. The molecule has 0 aromatic rings. The Hall–Kier alpha value is -0.130. The molecule has 0 unspecified atom stereocenters. The molecule has 0 amide bonds. The summed E-state index contributed by atoms with van der Waals surface area (Å²) in [6.45, 7) is 6.57. The molecule has 0 N–H and O–H groups in total. The fourth-order valence-electron chi connectivity index (χ4n) is 1.61. The Morgan fingerprint density at radius 3 is 2.12 bits per heavy atom. The molecule has 0 fully saturated rings. The highest BCUT2D eigenvalue weighted by Crippen LogP contribution is 2.16. The summed E-state index contributed by atoms with van der Waals surface area (Å²) in [5.41, 5.74) is 0. The van der Waals surface area contributed by atoms with Gasteiger partial charge >= 0.3 is 0 Å². The molecule has 0 saturated carbocycles. The van der Waals surface area contributed by atoms with Gasteiger partial charge in [0.25, 0.3) is 0 Å². The van der Waals surface area contributed by atoms with Crippen molar-refractivity contribution in [2.45, 2.75) is 52.9 Å². The summed E-state index contributed by atoms with van der Waals surface area (Å²) >= 11 is 0. The van der Waals surface area contributed by atoms with Gasteiger partial charge in [-0.1, -0.05) is 40.0 Å². The zero-order chi connectivity index (χ0) is 12.6. The van der Waals surface area contributed by atoms with Crippen LogP contribution in [0.5, 0.6) is 0 Å². The first-order chi connectivity index (χ1) is 7.31. The van der Waals surface area contributed by atoms with Crippen LogP contribution in [0.4, 0.5) is 0 Å². The molecule has 0 aliphatic carbocycles. The minimum atomic E-state index is -4.50. The minimum absolute atomic E-state index is 0.0142. The van der Waals surface area contributed by atoms with Crippen LogP contribution in [0.15, 0.2) is 0 Å². The molecule has 0 radical (unpaired) electrons. The second kappa shape index (κ2) is 8.03. The molecule has 1 atom stereocenters. The van der Waals surface area contributed by atoms with E-state index in [2.05, 4.69) is 25.0 Å². The van der Waals surface area contributed by atoms with Gasteiger partial charge in [0.15, 0.2) is 0 Å². The van der Waals surface area contributed by atoms with E-state index in [-0.39, 0.29) is 6.61 Å². The van der Waals surface area contributed by atoms with E-state index in [1.165, 1.54) is 12.8 Å². The maximum absolute atomic E-state index is 10.1. The van der Waals surface area contributed by atoms with E-state index < -0.39 is 10.4 Å². The Balaban J connectivity index is 3.40. The van der Waals surface area contributed by atoms with Crippen molar-refractivity contribution in [1.29, 1.82) is 0 Å². The molecule has 0 aliphatic rings. The van der Waals surface area contributed by atoms with Crippen molar-refractivity contribution in [3.8, 4) is 0 Å². The Morgan fingerprint density at radius 2 is 1.62 bits per heavy atom. The van der Waals surface area contributed by atoms with E-state index in [9.17, 15) is 13.0 Å². The van der Waals surface area contributed by atoms with Crippen LogP contribution < -0.4 is 0 Å². The van der Waals surface area contributed by atoms with Crippen molar-refractivity contribution in [2.75, 3.05) is 6.61 Å². The molecular formula is C11H23O4S-. The van der Waals surface area contributed by atoms with Crippen LogP contribution in [0, 0.1) is 11.8 Å². The first-order valence-electron chi connectivity index (χ1n) is 5.91. The monoisotopic (exact) mass is 251 g/mol. The van der Waals surface area contributed by atoms with E-state index in [1.807, 2.05) is 0 Å². The van der Waals surface area contributed by atoms with Gasteiger partial charge in [0.2, 0.25) is 10.4 Å². The maximum atomic E-state index is 10.1. The van der Waals surface area contributed by atoms with Gasteiger partial charge in [-0.25, -0.2) is 8.42 Å². The highest BCUT2D eigenvalue weighted by atomic mass is 32.3. The Morgan fingerprint density at radius 1 is 1.06 bits per heavy atom. The Labute approximate surface area is 99.3 Å². The first-order valence-corrected chi connectivity index (χ1v) is 7.25. The molecule has 0 aromatic heterocycles.